The maximum atomic E-state index is 6.50. The fourth-order valence-electron chi connectivity index (χ4n) is 5.77. The second kappa shape index (κ2) is 10.6. The van der Waals surface area contributed by atoms with Crippen molar-refractivity contribution in [3.8, 4) is 17.3 Å². The molecule has 0 bridgehead atoms. The number of aromatic nitrogens is 2. The summed E-state index contributed by atoms with van der Waals surface area (Å²) in [5, 5.41) is 4.25. The molecule has 0 spiro atoms. The normalized spacial score (nSPS) is 13.5. The van der Waals surface area contributed by atoms with Crippen molar-refractivity contribution in [2.75, 3.05) is 11.9 Å². The van der Waals surface area contributed by atoms with Crippen LogP contribution in [0.2, 0.25) is 0 Å². The summed E-state index contributed by atoms with van der Waals surface area (Å²) in [5.74, 6) is 2.00. The molecular formula is C37H29N4O2Pt-3. The van der Waals surface area contributed by atoms with E-state index < -0.39 is 0 Å². The van der Waals surface area contributed by atoms with Crippen molar-refractivity contribution in [3.05, 3.63) is 122 Å². The van der Waals surface area contributed by atoms with E-state index in [0.29, 0.717) is 11.5 Å². The Labute approximate surface area is 270 Å². The van der Waals surface area contributed by atoms with Gasteiger partial charge in [0.1, 0.15) is 17.0 Å². The van der Waals surface area contributed by atoms with Gasteiger partial charge in [0.15, 0.2) is 0 Å². The van der Waals surface area contributed by atoms with Crippen LogP contribution in [-0.2, 0) is 26.5 Å². The summed E-state index contributed by atoms with van der Waals surface area (Å²) in [6.45, 7) is 8.63. The molecule has 0 unspecified atom stereocenters. The number of benzene rings is 4. The van der Waals surface area contributed by atoms with Gasteiger partial charge in [-0.2, -0.15) is 12.7 Å². The van der Waals surface area contributed by atoms with E-state index in [1.807, 2.05) is 78.5 Å². The van der Waals surface area contributed by atoms with Crippen LogP contribution in [0.15, 0.2) is 102 Å². The molecule has 0 fully saturated rings. The van der Waals surface area contributed by atoms with Crippen molar-refractivity contribution in [3.63, 3.8) is 0 Å². The molecule has 0 saturated carbocycles. The number of hydrogen-bond donors (Lipinski definition) is 0. The smallest absolute Gasteiger partial charge is 0.140 e. The molecule has 1 aliphatic rings. The van der Waals surface area contributed by atoms with Crippen molar-refractivity contribution in [2.24, 2.45) is 0 Å². The van der Waals surface area contributed by atoms with Crippen LogP contribution in [0.4, 0.5) is 5.69 Å². The van der Waals surface area contributed by atoms with E-state index >= 15 is 0 Å². The third kappa shape index (κ3) is 4.74. The Bertz CT molecular complexity index is 2220. The van der Waals surface area contributed by atoms with Crippen LogP contribution in [0, 0.1) is 18.8 Å². The Balaban J connectivity index is 0.00000312. The first kappa shape index (κ1) is 28.2. The Morgan fingerprint density at radius 2 is 1.59 bits per heavy atom. The van der Waals surface area contributed by atoms with Gasteiger partial charge in [-0.1, -0.05) is 62.7 Å². The zero-order chi connectivity index (χ0) is 29.3. The summed E-state index contributed by atoms with van der Waals surface area (Å²) in [6.07, 6.45) is 5.92. The quantitative estimate of drug-likeness (QED) is 0.168. The number of pyridine rings is 1. The standard InChI is InChI=1S/C37H29N4O2.Pt/c1-37(2,3)24-17-25(40-16-15-39(4)23-40)19-27(18-24)42-26-13-14-29-28-9-5-7-11-32(28)41(33(29)20-26)36-21-35-31(22-38-36)30-10-6-8-12-34(30)43-35;/h5-18,21-23H,1-4H3;/q-3;. The number of hydrogen-bond acceptors (Lipinski definition) is 5. The van der Waals surface area contributed by atoms with Crippen LogP contribution in [-0.4, -0.2) is 21.5 Å². The van der Waals surface area contributed by atoms with Crippen molar-refractivity contribution in [2.45, 2.75) is 26.2 Å². The topological polar surface area (TPSA) is 46.7 Å². The molecule has 0 aliphatic carbocycles. The summed E-state index contributed by atoms with van der Waals surface area (Å²) < 4.78 is 14.8. The summed E-state index contributed by atoms with van der Waals surface area (Å²) >= 11 is 0. The van der Waals surface area contributed by atoms with Gasteiger partial charge in [-0.3, -0.25) is 0 Å². The predicted molar refractivity (Wildman–Crippen MR) is 172 cm³/mol. The molecule has 3 aromatic heterocycles. The van der Waals surface area contributed by atoms with Crippen LogP contribution in [0.5, 0.6) is 11.5 Å². The zero-order valence-corrected chi connectivity index (χ0v) is 27.0. The van der Waals surface area contributed by atoms with E-state index in [9.17, 15) is 0 Å². The minimum atomic E-state index is -0.0711. The summed E-state index contributed by atoms with van der Waals surface area (Å²) in [4.78, 5) is 8.96. The number of nitrogens with zero attached hydrogens (tertiary/aromatic N) is 4. The summed E-state index contributed by atoms with van der Waals surface area (Å²) in [6, 6.07) is 33.7. The molecule has 8 rings (SSSR count). The average Bonchev–Trinajstić information content (AvgIpc) is 3.69. The maximum Gasteiger partial charge on any atom is 0.140 e. The number of ether oxygens (including phenoxy) is 1. The maximum absolute atomic E-state index is 6.50. The molecular weight excluding hydrogens is 728 g/mol. The molecule has 222 valence electrons. The van der Waals surface area contributed by atoms with E-state index in [1.54, 1.807) is 0 Å². The Kier molecular flexibility index (Phi) is 6.78. The molecule has 1 aliphatic heterocycles. The average molecular weight is 757 g/mol. The van der Waals surface area contributed by atoms with Crippen molar-refractivity contribution in [1.29, 1.82) is 0 Å². The monoisotopic (exact) mass is 756 g/mol. The number of anilines is 1. The largest absolute Gasteiger partial charge is 0.510 e. The van der Waals surface area contributed by atoms with Gasteiger partial charge in [0.05, 0.1) is 0 Å². The van der Waals surface area contributed by atoms with E-state index in [2.05, 4.69) is 79.9 Å². The molecule has 4 heterocycles. The first-order valence-electron chi connectivity index (χ1n) is 14.3. The molecule has 7 heteroatoms. The fourth-order valence-corrected chi connectivity index (χ4v) is 5.77. The van der Waals surface area contributed by atoms with Crippen molar-refractivity contribution >= 4 is 49.4 Å². The molecule has 6 nitrogen and oxygen atoms in total. The Hall–Kier alpha value is -4.54. The summed E-state index contributed by atoms with van der Waals surface area (Å²) in [7, 11) is 2.01. The Morgan fingerprint density at radius 3 is 2.39 bits per heavy atom. The molecule has 0 N–H and O–H groups in total. The van der Waals surface area contributed by atoms with E-state index in [1.165, 1.54) is 0 Å². The number of para-hydroxylation sites is 2. The van der Waals surface area contributed by atoms with Crippen LogP contribution in [0.3, 0.4) is 0 Å². The van der Waals surface area contributed by atoms with Crippen LogP contribution in [0.1, 0.15) is 26.3 Å². The van der Waals surface area contributed by atoms with Crippen LogP contribution >= 0.6 is 0 Å². The zero-order valence-electron chi connectivity index (χ0n) is 24.7. The molecule has 4 aromatic carbocycles. The van der Waals surface area contributed by atoms with E-state index in [0.717, 1.165) is 60.8 Å². The van der Waals surface area contributed by atoms with Gasteiger partial charge >= 0.3 is 0 Å². The van der Waals surface area contributed by atoms with Gasteiger partial charge in [-0.05, 0) is 42.4 Å². The van der Waals surface area contributed by atoms with Gasteiger partial charge in [-0.15, -0.1) is 47.0 Å². The molecule has 0 amide bonds. The molecule has 0 atom stereocenters. The fraction of sp³-hybridized carbons (Fsp3) is 0.135. The third-order valence-corrected chi connectivity index (χ3v) is 8.00. The predicted octanol–water partition coefficient (Wildman–Crippen LogP) is 9.11. The number of furan rings is 1. The summed E-state index contributed by atoms with van der Waals surface area (Å²) in [5.41, 5.74) is 5.57. The van der Waals surface area contributed by atoms with Gasteiger partial charge in [0.25, 0.3) is 0 Å². The first-order valence-corrected chi connectivity index (χ1v) is 14.3. The third-order valence-electron chi connectivity index (χ3n) is 8.00. The van der Waals surface area contributed by atoms with Gasteiger partial charge in [0.2, 0.25) is 0 Å². The van der Waals surface area contributed by atoms with Crippen molar-refractivity contribution < 1.29 is 30.2 Å². The molecule has 44 heavy (non-hydrogen) atoms. The second-order valence-corrected chi connectivity index (χ2v) is 12.0. The van der Waals surface area contributed by atoms with Gasteiger partial charge in [-0.25, -0.2) is 4.98 Å². The second-order valence-electron chi connectivity index (χ2n) is 12.0. The van der Waals surface area contributed by atoms with Crippen LogP contribution < -0.4 is 9.64 Å². The van der Waals surface area contributed by atoms with E-state index in [-0.39, 0.29) is 26.5 Å². The van der Waals surface area contributed by atoms with Gasteiger partial charge in [0, 0.05) is 61.1 Å². The minimum Gasteiger partial charge on any atom is -0.510 e. The Morgan fingerprint density at radius 1 is 0.795 bits per heavy atom. The number of rotatable bonds is 4. The molecule has 0 radical (unpaired) electrons. The molecule has 0 saturated heterocycles. The molecule has 7 aromatic rings. The SMILES string of the molecule is CN1C=CN(c2[c-]c(Oc3[c-]c4c(cc3)c3ccccc3n4-c3cc4oc5ccccc5c4cn3)cc(C(C)(C)C)c2)[CH-]1.[Pt]. The van der Waals surface area contributed by atoms with E-state index in [4.69, 9.17) is 14.1 Å². The van der Waals surface area contributed by atoms with Gasteiger partial charge < -0.3 is 23.5 Å². The van der Waals surface area contributed by atoms with Crippen molar-refractivity contribution in [1.82, 2.24) is 14.5 Å². The first-order chi connectivity index (χ1) is 20.8. The van der Waals surface area contributed by atoms with Crippen LogP contribution in [0.25, 0.3) is 49.6 Å². The number of fused-ring (bicyclic) bond motifs is 6. The minimum absolute atomic E-state index is 0.